The van der Waals surface area contributed by atoms with Gasteiger partial charge in [0.2, 0.25) is 0 Å². The molecule has 1 aliphatic rings. The second-order valence-corrected chi connectivity index (χ2v) is 5.74. The van der Waals surface area contributed by atoms with Crippen molar-refractivity contribution in [3.05, 3.63) is 0 Å². The van der Waals surface area contributed by atoms with Crippen molar-refractivity contribution < 1.29 is 19.1 Å². The van der Waals surface area contributed by atoms with Crippen molar-refractivity contribution in [3.8, 4) is 0 Å². The van der Waals surface area contributed by atoms with Crippen LogP contribution in [0, 0.1) is 11.8 Å². The van der Waals surface area contributed by atoms with Gasteiger partial charge in [0, 0.05) is 25.7 Å². The third-order valence-electron chi connectivity index (χ3n) is 2.76. The number of hydrogen-bond donors (Lipinski definition) is 1. The molecule has 1 aliphatic heterocycles. The van der Waals surface area contributed by atoms with Crippen LogP contribution in [0.3, 0.4) is 0 Å². The average molecular weight is 257 g/mol. The number of ether oxygens (including phenoxy) is 2. The van der Waals surface area contributed by atoms with E-state index in [0.29, 0.717) is 12.5 Å². The summed E-state index contributed by atoms with van der Waals surface area (Å²) in [7, 11) is 0. The lowest BCUT2D eigenvalue weighted by Gasteiger charge is -2.21. The quantitative estimate of drug-likeness (QED) is 0.762. The van der Waals surface area contributed by atoms with Crippen molar-refractivity contribution in [1.82, 2.24) is 5.32 Å². The zero-order valence-corrected chi connectivity index (χ0v) is 11.4. The molecule has 18 heavy (non-hydrogen) atoms. The molecule has 104 valence electrons. The number of amides is 1. The highest BCUT2D eigenvalue weighted by Crippen LogP contribution is 2.20. The van der Waals surface area contributed by atoms with Gasteiger partial charge in [-0.2, -0.15) is 0 Å². The van der Waals surface area contributed by atoms with Gasteiger partial charge in [-0.15, -0.1) is 0 Å². The second-order valence-electron chi connectivity index (χ2n) is 5.74. The molecule has 2 atom stereocenters. The first kappa shape index (κ1) is 15.0. The molecule has 0 saturated carbocycles. The minimum atomic E-state index is -0.514. The normalized spacial score (nSPS) is 21.4. The van der Waals surface area contributed by atoms with Crippen molar-refractivity contribution in [3.63, 3.8) is 0 Å². The molecular formula is C13H23NO4. The lowest BCUT2D eigenvalue weighted by atomic mass is 9.95. The molecule has 1 fully saturated rings. The van der Waals surface area contributed by atoms with E-state index in [1.165, 1.54) is 0 Å². The molecular weight excluding hydrogens is 234 g/mol. The van der Waals surface area contributed by atoms with Crippen LogP contribution in [0.4, 0.5) is 4.79 Å². The molecule has 0 bridgehead atoms. The van der Waals surface area contributed by atoms with Crippen molar-refractivity contribution in [2.75, 3.05) is 19.8 Å². The summed E-state index contributed by atoms with van der Waals surface area (Å²) in [4.78, 5) is 22.4. The van der Waals surface area contributed by atoms with Crippen LogP contribution >= 0.6 is 0 Å². The minimum absolute atomic E-state index is 0.163. The fourth-order valence-electron chi connectivity index (χ4n) is 1.91. The van der Waals surface area contributed by atoms with Crippen LogP contribution in [0.5, 0.6) is 0 Å². The molecule has 0 radical (unpaired) electrons. The van der Waals surface area contributed by atoms with Crippen molar-refractivity contribution >= 4 is 12.4 Å². The van der Waals surface area contributed by atoms with Crippen LogP contribution in [0.25, 0.3) is 0 Å². The van der Waals surface area contributed by atoms with E-state index in [4.69, 9.17) is 9.47 Å². The second kappa shape index (κ2) is 6.73. The summed E-state index contributed by atoms with van der Waals surface area (Å²) in [6, 6.07) is 0. The molecule has 0 aromatic heterocycles. The molecule has 0 aromatic rings. The van der Waals surface area contributed by atoms with E-state index in [1.54, 1.807) is 20.8 Å². The number of carbonyl (C=O) groups is 2. The Morgan fingerprint density at radius 3 is 2.78 bits per heavy atom. The predicted molar refractivity (Wildman–Crippen MR) is 67.3 cm³/mol. The van der Waals surface area contributed by atoms with Gasteiger partial charge in [-0.3, -0.25) is 0 Å². The van der Waals surface area contributed by atoms with Crippen LogP contribution < -0.4 is 5.32 Å². The number of nitrogens with one attached hydrogen (secondary N) is 1. The molecule has 0 aromatic carbocycles. The van der Waals surface area contributed by atoms with Crippen LogP contribution in [-0.2, 0) is 14.3 Å². The van der Waals surface area contributed by atoms with E-state index in [0.717, 1.165) is 32.3 Å². The summed E-state index contributed by atoms with van der Waals surface area (Å²) < 4.78 is 10.4. The molecule has 1 amide bonds. The first-order valence-corrected chi connectivity index (χ1v) is 6.40. The summed E-state index contributed by atoms with van der Waals surface area (Å²) in [5.74, 6) is 0.268. The van der Waals surface area contributed by atoms with Crippen molar-refractivity contribution in [2.45, 2.75) is 39.2 Å². The summed E-state index contributed by atoms with van der Waals surface area (Å²) in [5.41, 5.74) is -0.514. The monoisotopic (exact) mass is 257 g/mol. The highest BCUT2D eigenvalue weighted by atomic mass is 16.6. The minimum Gasteiger partial charge on any atom is -0.444 e. The van der Waals surface area contributed by atoms with Gasteiger partial charge in [0.15, 0.2) is 0 Å². The van der Waals surface area contributed by atoms with Crippen LogP contribution in [0.15, 0.2) is 0 Å². The standard InChI is InChI=1S/C13H23NO4/c1-13(2,3)18-12(16)14-7-11(8-15)6-10-4-5-17-9-10/h8,10-11H,4-7,9H2,1-3H3,(H,14,16). The lowest BCUT2D eigenvalue weighted by Crippen LogP contribution is -2.36. The van der Waals surface area contributed by atoms with Crippen molar-refractivity contribution in [2.24, 2.45) is 11.8 Å². The molecule has 2 unspecified atom stereocenters. The van der Waals surface area contributed by atoms with E-state index in [-0.39, 0.29) is 5.92 Å². The molecule has 0 spiro atoms. The SMILES string of the molecule is CC(C)(C)OC(=O)NCC(C=O)CC1CCOC1. The third kappa shape index (κ3) is 6.00. The fraction of sp³-hybridized carbons (Fsp3) is 0.846. The number of carbonyl (C=O) groups excluding carboxylic acids is 2. The van der Waals surface area contributed by atoms with Gasteiger partial charge < -0.3 is 19.6 Å². The van der Waals surface area contributed by atoms with E-state index >= 15 is 0 Å². The Morgan fingerprint density at radius 2 is 2.28 bits per heavy atom. The zero-order valence-electron chi connectivity index (χ0n) is 11.4. The Morgan fingerprint density at radius 1 is 1.56 bits per heavy atom. The highest BCUT2D eigenvalue weighted by Gasteiger charge is 2.22. The van der Waals surface area contributed by atoms with Crippen LogP contribution in [-0.4, -0.2) is 37.7 Å². The Labute approximate surface area is 108 Å². The Balaban J connectivity index is 2.26. The molecule has 1 rings (SSSR count). The van der Waals surface area contributed by atoms with Gasteiger partial charge in [-0.1, -0.05) is 0 Å². The van der Waals surface area contributed by atoms with Crippen LogP contribution in [0.2, 0.25) is 0 Å². The molecule has 5 heteroatoms. The fourth-order valence-corrected chi connectivity index (χ4v) is 1.91. The maximum absolute atomic E-state index is 11.4. The molecule has 0 aliphatic carbocycles. The molecule has 1 N–H and O–H groups in total. The zero-order chi connectivity index (χ0) is 13.6. The van der Waals surface area contributed by atoms with Gasteiger partial charge >= 0.3 is 6.09 Å². The largest absolute Gasteiger partial charge is 0.444 e. The third-order valence-corrected chi connectivity index (χ3v) is 2.76. The Bertz CT molecular complexity index is 279. The van der Waals surface area contributed by atoms with Gasteiger partial charge in [0.05, 0.1) is 0 Å². The average Bonchev–Trinajstić information content (AvgIpc) is 2.74. The number of hydrogen-bond acceptors (Lipinski definition) is 4. The molecule has 5 nitrogen and oxygen atoms in total. The lowest BCUT2D eigenvalue weighted by molar-refractivity contribution is -0.111. The number of aldehydes is 1. The number of rotatable bonds is 5. The van der Waals surface area contributed by atoms with E-state index in [1.807, 2.05) is 0 Å². The summed E-state index contributed by atoms with van der Waals surface area (Å²) in [6.45, 7) is 7.24. The number of alkyl carbamates (subject to hydrolysis) is 1. The maximum atomic E-state index is 11.4. The van der Waals surface area contributed by atoms with Crippen molar-refractivity contribution in [1.29, 1.82) is 0 Å². The smallest absolute Gasteiger partial charge is 0.407 e. The van der Waals surface area contributed by atoms with Crippen LogP contribution in [0.1, 0.15) is 33.6 Å². The Hall–Kier alpha value is -1.10. The summed E-state index contributed by atoms with van der Waals surface area (Å²) >= 11 is 0. The maximum Gasteiger partial charge on any atom is 0.407 e. The van der Waals surface area contributed by atoms with Gasteiger partial charge in [-0.05, 0) is 39.5 Å². The first-order valence-electron chi connectivity index (χ1n) is 6.40. The van der Waals surface area contributed by atoms with Gasteiger partial charge in [-0.25, -0.2) is 4.79 Å². The summed E-state index contributed by atoms with van der Waals surface area (Å²) in [6.07, 6.45) is 2.18. The van der Waals surface area contributed by atoms with Gasteiger partial charge in [0.1, 0.15) is 11.9 Å². The topological polar surface area (TPSA) is 64.6 Å². The molecule has 1 heterocycles. The first-order chi connectivity index (χ1) is 8.40. The van der Waals surface area contributed by atoms with E-state index in [9.17, 15) is 9.59 Å². The van der Waals surface area contributed by atoms with E-state index < -0.39 is 11.7 Å². The highest BCUT2D eigenvalue weighted by molar-refractivity contribution is 5.68. The summed E-state index contributed by atoms with van der Waals surface area (Å²) in [5, 5.41) is 2.63. The van der Waals surface area contributed by atoms with Gasteiger partial charge in [0.25, 0.3) is 0 Å². The molecule has 1 saturated heterocycles. The Kier molecular flexibility index (Phi) is 5.59. The van der Waals surface area contributed by atoms with E-state index in [2.05, 4.69) is 5.32 Å². The predicted octanol–water partition coefficient (Wildman–Crippen LogP) is 1.75.